The number of anilines is 1. The lowest BCUT2D eigenvalue weighted by molar-refractivity contribution is 0.360. The molecule has 11 heteroatoms. The molecule has 0 radical (unpaired) electrons. The molecule has 0 aliphatic carbocycles. The number of hydrogen-bond acceptors (Lipinski definition) is 9. The van der Waals surface area contributed by atoms with E-state index in [1.54, 1.807) is 24.3 Å². The summed E-state index contributed by atoms with van der Waals surface area (Å²) < 4.78 is 33.0. The number of piperazine rings is 1. The van der Waals surface area contributed by atoms with Crippen molar-refractivity contribution >= 4 is 15.8 Å². The number of nitrogens with two attached hydrogens (primary N) is 1. The number of sulfonamides is 1. The van der Waals surface area contributed by atoms with E-state index in [4.69, 9.17) is 10.2 Å². The zero-order valence-electron chi connectivity index (χ0n) is 17.5. The van der Waals surface area contributed by atoms with Crippen molar-refractivity contribution in [1.29, 1.82) is 0 Å². The van der Waals surface area contributed by atoms with Crippen molar-refractivity contribution in [3.8, 4) is 34.3 Å². The van der Waals surface area contributed by atoms with Gasteiger partial charge in [-0.3, -0.25) is 0 Å². The minimum atomic E-state index is -3.54. The van der Waals surface area contributed by atoms with E-state index < -0.39 is 10.0 Å². The highest BCUT2D eigenvalue weighted by Crippen LogP contribution is 2.28. The van der Waals surface area contributed by atoms with Gasteiger partial charge in [-0.05, 0) is 24.3 Å². The van der Waals surface area contributed by atoms with Gasteiger partial charge in [-0.2, -0.15) is 4.31 Å². The first-order valence-corrected chi connectivity index (χ1v) is 11.8. The molecule has 1 saturated heterocycles. The summed E-state index contributed by atoms with van der Waals surface area (Å²) in [5.41, 5.74) is 8.25. The van der Waals surface area contributed by atoms with Crippen LogP contribution in [0.25, 0.3) is 34.3 Å². The molecular formula is C22H25N7O3S. The molecule has 4 aromatic rings. The third kappa shape index (κ3) is 4.21. The van der Waals surface area contributed by atoms with Gasteiger partial charge < -0.3 is 15.5 Å². The van der Waals surface area contributed by atoms with Gasteiger partial charge in [0.15, 0.2) is 11.5 Å². The summed E-state index contributed by atoms with van der Waals surface area (Å²) in [6, 6.07) is 15.9. The summed E-state index contributed by atoms with van der Waals surface area (Å²) in [6.07, 6.45) is 1.52. The molecule has 1 aliphatic rings. The molecule has 1 aliphatic heterocycles. The van der Waals surface area contributed by atoms with E-state index in [0.717, 1.165) is 5.56 Å². The number of aromatic nitrogens is 4. The Morgan fingerprint density at radius 2 is 1.64 bits per heavy atom. The second-order valence-corrected chi connectivity index (χ2v) is 9.38. The third-order valence-corrected chi connectivity index (χ3v) is 7.23. The first-order valence-electron chi connectivity index (χ1n) is 10.4. The molecule has 0 unspecified atom stereocenters. The van der Waals surface area contributed by atoms with Crippen LogP contribution in [0.5, 0.6) is 0 Å². The monoisotopic (exact) mass is 467 g/mol. The summed E-state index contributed by atoms with van der Waals surface area (Å²) in [5, 5.41) is 11.3. The molecule has 0 saturated carbocycles. The Kier molecular flexibility index (Phi) is 5.58. The van der Waals surface area contributed by atoms with E-state index in [2.05, 4.69) is 25.5 Å². The number of hydrogen-bond donors (Lipinski definition) is 2. The van der Waals surface area contributed by atoms with Crippen LogP contribution >= 0.6 is 0 Å². The Morgan fingerprint density at radius 1 is 0.939 bits per heavy atom. The van der Waals surface area contributed by atoms with Crippen LogP contribution in [0.1, 0.15) is 2.85 Å². The fourth-order valence-electron chi connectivity index (χ4n) is 3.54. The molecule has 0 atom stereocenters. The van der Waals surface area contributed by atoms with E-state index in [1.807, 2.05) is 30.3 Å². The minimum Gasteiger partial charge on any atom is -0.414 e. The number of rotatable bonds is 5. The first-order chi connectivity index (χ1) is 16.0. The zero-order chi connectivity index (χ0) is 22.8. The number of nitrogens with one attached hydrogen (secondary N) is 1. The molecule has 3 heterocycles. The summed E-state index contributed by atoms with van der Waals surface area (Å²) in [6.45, 7) is 2.18. The molecule has 2 aromatic carbocycles. The topological polar surface area (TPSA) is 140 Å². The third-order valence-electron chi connectivity index (χ3n) is 5.31. The molecule has 0 spiro atoms. The molecule has 5 rings (SSSR count). The van der Waals surface area contributed by atoms with Gasteiger partial charge in [-0.25, -0.2) is 18.4 Å². The van der Waals surface area contributed by atoms with Crippen LogP contribution in [0.3, 0.4) is 0 Å². The smallest absolute Gasteiger partial charge is 0.270 e. The maximum atomic E-state index is 12.9. The van der Waals surface area contributed by atoms with Gasteiger partial charge >= 0.3 is 0 Å². The quantitative estimate of drug-likeness (QED) is 0.453. The van der Waals surface area contributed by atoms with Crippen molar-refractivity contribution in [3.63, 3.8) is 0 Å². The molecule has 1 fully saturated rings. The molecule has 2 aromatic heterocycles. The van der Waals surface area contributed by atoms with Crippen LogP contribution in [0.2, 0.25) is 0 Å². The Balaban J connectivity index is 0.00000171. The zero-order valence-corrected chi connectivity index (χ0v) is 18.4. The van der Waals surface area contributed by atoms with Crippen LogP contribution in [-0.2, 0) is 10.0 Å². The summed E-state index contributed by atoms with van der Waals surface area (Å²) in [7, 11) is -3.54. The van der Waals surface area contributed by atoms with Crippen LogP contribution in [0, 0.1) is 0 Å². The largest absolute Gasteiger partial charge is 0.414 e. The van der Waals surface area contributed by atoms with Crippen molar-refractivity contribution in [2.75, 3.05) is 31.9 Å². The van der Waals surface area contributed by atoms with E-state index in [-0.39, 0.29) is 25.2 Å². The lowest BCUT2D eigenvalue weighted by Gasteiger charge is -2.26. The molecule has 0 bridgehead atoms. The minimum absolute atomic E-state index is 0. The Morgan fingerprint density at radius 3 is 2.36 bits per heavy atom. The average molecular weight is 468 g/mol. The highest BCUT2D eigenvalue weighted by Gasteiger charge is 2.25. The van der Waals surface area contributed by atoms with Crippen molar-refractivity contribution in [2.24, 2.45) is 0 Å². The maximum Gasteiger partial charge on any atom is 0.270 e. The van der Waals surface area contributed by atoms with Crippen molar-refractivity contribution in [3.05, 3.63) is 60.8 Å². The number of nitrogen functional groups attached to an aromatic ring is 1. The second kappa shape index (κ2) is 8.70. The van der Waals surface area contributed by atoms with Crippen LogP contribution in [0.4, 0.5) is 5.82 Å². The SMILES string of the molecule is Nc1ncc(-c2ccc(S(=O)(=O)N3CCNCC3)cc2)nc1-c1nnc(-c2ccccc2)o1.[HH].[HH]. The molecule has 0 amide bonds. The molecule has 10 nitrogen and oxygen atoms in total. The fraction of sp³-hybridized carbons (Fsp3) is 0.182. The van der Waals surface area contributed by atoms with Gasteiger partial charge in [0, 0.05) is 40.2 Å². The Hall–Kier alpha value is -3.67. The van der Waals surface area contributed by atoms with E-state index >= 15 is 0 Å². The lowest BCUT2D eigenvalue weighted by Crippen LogP contribution is -2.46. The maximum absolute atomic E-state index is 12.9. The van der Waals surface area contributed by atoms with Crippen LogP contribution in [0.15, 0.2) is 70.1 Å². The first kappa shape index (κ1) is 21.2. The average Bonchev–Trinajstić information content (AvgIpc) is 3.36. The lowest BCUT2D eigenvalue weighted by atomic mass is 10.1. The fourth-order valence-corrected chi connectivity index (χ4v) is 4.98. The Bertz CT molecular complexity index is 1380. The summed E-state index contributed by atoms with van der Waals surface area (Å²) in [5.74, 6) is 0.651. The predicted octanol–water partition coefficient (Wildman–Crippen LogP) is 2.53. The highest BCUT2D eigenvalue weighted by atomic mass is 32.2. The van der Waals surface area contributed by atoms with Gasteiger partial charge in [0.25, 0.3) is 5.89 Å². The van der Waals surface area contributed by atoms with Gasteiger partial charge in [0.1, 0.15) is 0 Å². The van der Waals surface area contributed by atoms with Crippen molar-refractivity contribution in [1.82, 2.24) is 29.8 Å². The summed E-state index contributed by atoms with van der Waals surface area (Å²) in [4.78, 5) is 9.00. The molecule has 172 valence electrons. The normalized spacial score (nSPS) is 14.9. The van der Waals surface area contributed by atoms with Crippen molar-refractivity contribution in [2.45, 2.75) is 4.90 Å². The number of benzene rings is 2. The van der Waals surface area contributed by atoms with E-state index in [9.17, 15) is 8.42 Å². The molecule has 3 N–H and O–H groups in total. The van der Waals surface area contributed by atoms with Gasteiger partial charge in [0.2, 0.25) is 15.9 Å². The predicted molar refractivity (Wildman–Crippen MR) is 126 cm³/mol. The second-order valence-electron chi connectivity index (χ2n) is 7.45. The van der Waals surface area contributed by atoms with E-state index in [1.165, 1.54) is 10.5 Å². The van der Waals surface area contributed by atoms with Gasteiger partial charge in [-0.15, -0.1) is 10.2 Å². The van der Waals surface area contributed by atoms with Gasteiger partial charge in [-0.1, -0.05) is 30.3 Å². The van der Waals surface area contributed by atoms with Crippen LogP contribution < -0.4 is 11.1 Å². The van der Waals surface area contributed by atoms with E-state index in [0.29, 0.717) is 43.3 Å². The molecular weight excluding hydrogens is 442 g/mol. The number of nitrogens with zero attached hydrogens (tertiary/aromatic N) is 5. The Labute approximate surface area is 193 Å². The standard InChI is InChI=1S/C22H21N7O3S.2H2/c23-20-19(22-28-27-21(32-22)16-4-2-1-3-5-16)26-18(14-25-20)15-6-8-17(9-7-15)33(30,31)29-12-10-24-11-13-29;;/h1-9,14,24H,10-13H2,(H2,23,25);2*1H. The summed E-state index contributed by atoms with van der Waals surface area (Å²) >= 11 is 0. The molecule has 33 heavy (non-hydrogen) atoms. The van der Waals surface area contributed by atoms with Gasteiger partial charge in [0.05, 0.1) is 16.8 Å². The highest BCUT2D eigenvalue weighted by molar-refractivity contribution is 7.89. The van der Waals surface area contributed by atoms with Crippen LogP contribution in [-0.4, -0.2) is 59.1 Å². The van der Waals surface area contributed by atoms with Crippen molar-refractivity contribution < 1.29 is 15.7 Å².